The fraction of sp³-hybridized carbons (Fsp3) is 0.375. The molecule has 0 aliphatic carbocycles. The maximum absolute atomic E-state index is 13.7. The smallest absolute Gasteiger partial charge is 0.261 e. The molecule has 0 fully saturated rings. The van der Waals surface area contributed by atoms with E-state index in [1.54, 1.807) is 4.90 Å². The summed E-state index contributed by atoms with van der Waals surface area (Å²) in [6.45, 7) is 12.4. The van der Waals surface area contributed by atoms with E-state index in [4.69, 9.17) is 4.74 Å². The number of benzene rings is 3. The van der Waals surface area contributed by atoms with Crippen LogP contribution in [-0.4, -0.2) is 34.9 Å². The van der Waals surface area contributed by atoms with Crippen LogP contribution in [0.1, 0.15) is 58.2 Å². The number of ether oxygens (including phenoxy) is 1. The topological polar surface area (TPSA) is 58.6 Å². The summed E-state index contributed by atoms with van der Waals surface area (Å²) in [5, 5.41) is 3.08. The van der Waals surface area contributed by atoms with Crippen LogP contribution in [0, 0.1) is 0 Å². The first-order valence-electron chi connectivity index (χ1n) is 12.9. The second kappa shape index (κ2) is 12.6. The molecule has 1 unspecified atom stereocenters. The quantitative estimate of drug-likeness (QED) is 0.308. The lowest BCUT2D eigenvalue weighted by Crippen LogP contribution is -2.55. The molecule has 3 rings (SSSR count). The Balaban J connectivity index is 1.90. The fourth-order valence-electron chi connectivity index (χ4n) is 4.12. The van der Waals surface area contributed by atoms with E-state index < -0.39 is 11.6 Å². The van der Waals surface area contributed by atoms with Gasteiger partial charge in [0, 0.05) is 23.0 Å². The Labute approximate surface area is 235 Å². The number of amides is 2. The molecule has 3 aromatic carbocycles. The van der Waals surface area contributed by atoms with Crippen LogP contribution in [0.15, 0.2) is 83.3 Å². The van der Waals surface area contributed by atoms with Crippen molar-refractivity contribution in [2.75, 3.05) is 6.61 Å². The van der Waals surface area contributed by atoms with Crippen molar-refractivity contribution in [3.05, 3.63) is 100 Å². The number of nitrogens with one attached hydrogen (secondary N) is 1. The third kappa shape index (κ3) is 9.02. The number of halogens is 1. The molecule has 0 heterocycles. The maximum atomic E-state index is 13.7. The molecule has 0 bridgehead atoms. The molecule has 1 atom stereocenters. The van der Waals surface area contributed by atoms with E-state index >= 15 is 0 Å². The van der Waals surface area contributed by atoms with Crippen molar-refractivity contribution in [1.82, 2.24) is 10.2 Å². The number of rotatable bonds is 9. The highest BCUT2D eigenvalue weighted by molar-refractivity contribution is 9.10. The van der Waals surface area contributed by atoms with Gasteiger partial charge in [-0.1, -0.05) is 91.3 Å². The van der Waals surface area contributed by atoms with Crippen LogP contribution in [0.5, 0.6) is 5.75 Å². The normalized spacial score (nSPS) is 12.5. The number of carbonyl (C=O) groups excluding carboxylic acids is 2. The predicted octanol–water partition coefficient (Wildman–Crippen LogP) is 6.68. The zero-order chi connectivity index (χ0) is 27.9. The average Bonchev–Trinajstić information content (AvgIpc) is 2.84. The zero-order valence-corrected chi connectivity index (χ0v) is 24.8. The molecule has 3 aromatic rings. The highest BCUT2D eigenvalue weighted by Gasteiger charge is 2.32. The Morgan fingerprint density at radius 3 is 2.08 bits per heavy atom. The molecule has 0 aromatic heterocycles. The summed E-state index contributed by atoms with van der Waals surface area (Å²) in [4.78, 5) is 29.0. The highest BCUT2D eigenvalue weighted by Crippen LogP contribution is 2.25. The number of nitrogens with zero attached hydrogens (tertiary/aromatic N) is 1. The van der Waals surface area contributed by atoms with Gasteiger partial charge in [0.25, 0.3) is 5.91 Å². The van der Waals surface area contributed by atoms with Crippen LogP contribution in [0.2, 0.25) is 0 Å². The van der Waals surface area contributed by atoms with Gasteiger partial charge in [-0.15, -0.1) is 0 Å². The van der Waals surface area contributed by atoms with Crippen LogP contribution in [0.25, 0.3) is 0 Å². The molecule has 0 radical (unpaired) electrons. The van der Waals surface area contributed by atoms with Gasteiger partial charge in [-0.2, -0.15) is 0 Å². The molecule has 1 N–H and O–H groups in total. The molecule has 38 heavy (non-hydrogen) atoms. The Bertz CT molecular complexity index is 1210. The first-order chi connectivity index (χ1) is 17.8. The van der Waals surface area contributed by atoms with Gasteiger partial charge in [0.05, 0.1) is 0 Å². The molecule has 6 heteroatoms. The molecular formula is C32H39BrN2O3. The lowest BCUT2D eigenvalue weighted by molar-refractivity contribution is -0.143. The van der Waals surface area contributed by atoms with Gasteiger partial charge < -0.3 is 15.0 Å². The van der Waals surface area contributed by atoms with Crippen molar-refractivity contribution < 1.29 is 14.3 Å². The van der Waals surface area contributed by atoms with E-state index in [1.807, 2.05) is 99.6 Å². The standard InChI is InChI=1S/C32H39BrN2O3/c1-31(2,3)25-15-17-27(18-16-25)38-22-29(36)35(21-24-13-10-14-26(33)19-24)28(30(37)34-32(4,5)6)20-23-11-8-7-9-12-23/h7-19,28H,20-22H2,1-6H3,(H,34,37). The summed E-state index contributed by atoms with van der Waals surface area (Å²) in [6.07, 6.45) is 0.392. The van der Waals surface area contributed by atoms with Gasteiger partial charge >= 0.3 is 0 Å². The minimum absolute atomic E-state index is 0.0280. The van der Waals surface area contributed by atoms with Gasteiger partial charge in [0.15, 0.2) is 6.61 Å². The predicted molar refractivity (Wildman–Crippen MR) is 157 cm³/mol. The summed E-state index contributed by atoms with van der Waals surface area (Å²) in [7, 11) is 0. The number of carbonyl (C=O) groups is 2. The van der Waals surface area contributed by atoms with Gasteiger partial charge in [-0.05, 0) is 67.1 Å². The van der Waals surface area contributed by atoms with Crippen molar-refractivity contribution >= 4 is 27.7 Å². The monoisotopic (exact) mass is 578 g/mol. The van der Waals surface area contributed by atoms with Crippen LogP contribution >= 0.6 is 15.9 Å². The molecule has 0 aliphatic heterocycles. The minimum atomic E-state index is -0.713. The van der Waals surface area contributed by atoms with Crippen molar-refractivity contribution in [3.63, 3.8) is 0 Å². The zero-order valence-electron chi connectivity index (χ0n) is 23.3. The third-order valence-electron chi connectivity index (χ3n) is 6.09. The number of hydrogen-bond donors (Lipinski definition) is 1. The van der Waals surface area contributed by atoms with E-state index in [0.29, 0.717) is 12.2 Å². The van der Waals surface area contributed by atoms with Crippen LogP contribution in [-0.2, 0) is 28.0 Å². The summed E-state index contributed by atoms with van der Waals surface area (Å²) in [5.74, 6) is 0.168. The molecule has 2 amide bonds. The largest absolute Gasteiger partial charge is 0.484 e. The van der Waals surface area contributed by atoms with Gasteiger partial charge in [0.2, 0.25) is 5.91 Å². The molecule has 0 aliphatic rings. The maximum Gasteiger partial charge on any atom is 0.261 e. The van der Waals surface area contributed by atoms with Gasteiger partial charge in [-0.3, -0.25) is 9.59 Å². The van der Waals surface area contributed by atoms with Gasteiger partial charge in [0.1, 0.15) is 11.8 Å². The summed E-state index contributed by atoms with van der Waals surface area (Å²) in [5.41, 5.74) is 2.67. The second-order valence-electron chi connectivity index (χ2n) is 11.7. The SMILES string of the molecule is CC(C)(C)NC(=O)C(Cc1ccccc1)N(Cc1cccc(Br)c1)C(=O)COc1ccc(C(C)(C)C)cc1. The summed E-state index contributed by atoms with van der Waals surface area (Å²) >= 11 is 3.52. The summed E-state index contributed by atoms with van der Waals surface area (Å²) < 4.78 is 6.84. The first kappa shape index (κ1) is 29.4. The third-order valence-corrected chi connectivity index (χ3v) is 6.59. The van der Waals surface area contributed by atoms with E-state index in [1.165, 1.54) is 5.56 Å². The summed E-state index contributed by atoms with van der Waals surface area (Å²) in [6, 6.07) is 24.7. The average molecular weight is 580 g/mol. The van der Waals surface area contributed by atoms with E-state index in [-0.39, 0.29) is 30.4 Å². The van der Waals surface area contributed by atoms with Crippen LogP contribution in [0.3, 0.4) is 0 Å². The highest BCUT2D eigenvalue weighted by atomic mass is 79.9. The Kier molecular flexibility index (Phi) is 9.77. The van der Waals surface area contributed by atoms with Crippen molar-refractivity contribution in [2.45, 2.75) is 71.5 Å². The van der Waals surface area contributed by atoms with E-state index in [0.717, 1.165) is 15.6 Å². The molecule has 0 spiro atoms. The van der Waals surface area contributed by atoms with Crippen molar-refractivity contribution in [1.29, 1.82) is 0 Å². The fourth-order valence-corrected chi connectivity index (χ4v) is 4.56. The van der Waals surface area contributed by atoms with Gasteiger partial charge in [-0.25, -0.2) is 0 Å². The lowest BCUT2D eigenvalue weighted by atomic mass is 9.87. The van der Waals surface area contributed by atoms with E-state index in [9.17, 15) is 9.59 Å². The minimum Gasteiger partial charge on any atom is -0.484 e. The van der Waals surface area contributed by atoms with E-state index in [2.05, 4.69) is 42.0 Å². The Morgan fingerprint density at radius 2 is 1.50 bits per heavy atom. The first-order valence-corrected chi connectivity index (χ1v) is 13.7. The molecule has 5 nitrogen and oxygen atoms in total. The second-order valence-corrected chi connectivity index (χ2v) is 12.6. The lowest BCUT2D eigenvalue weighted by Gasteiger charge is -2.33. The molecule has 0 saturated carbocycles. The molecule has 202 valence electrons. The molecular weight excluding hydrogens is 540 g/mol. The molecule has 0 saturated heterocycles. The number of hydrogen-bond acceptors (Lipinski definition) is 3. The van der Waals surface area contributed by atoms with Crippen LogP contribution < -0.4 is 10.1 Å². The Morgan fingerprint density at radius 1 is 0.868 bits per heavy atom. The van der Waals surface area contributed by atoms with Crippen molar-refractivity contribution in [3.8, 4) is 5.75 Å². The Hall–Kier alpha value is -3.12. The van der Waals surface area contributed by atoms with Crippen molar-refractivity contribution in [2.24, 2.45) is 0 Å². The van der Waals surface area contributed by atoms with Crippen LogP contribution in [0.4, 0.5) is 0 Å².